The van der Waals surface area contributed by atoms with Crippen LogP contribution in [0, 0.1) is 0 Å². The van der Waals surface area contributed by atoms with E-state index in [1.807, 2.05) is 67.7 Å². The molecule has 1 aliphatic rings. The molecule has 0 radical (unpaired) electrons. The van der Waals surface area contributed by atoms with Gasteiger partial charge in [-0.1, -0.05) is 67.1 Å². The molecular weight excluding hydrogens is 462 g/mol. The zero-order valence-corrected chi connectivity index (χ0v) is 20.6. The standard InChI is InChI=1S/C28H24ClN3OS/c1-3-20-8-7-11-24-21(18-31(26(20)24)17-19-12-14-22(29)15-13-19)16-25-27(33)32(28(34)30(25)2)23-9-5-4-6-10-23/h4-16,18H,3,17H2,1-2H3/b25-16-. The van der Waals surface area contributed by atoms with Gasteiger partial charge < -0.3 is 9.47 Å². The molecular formula is C28H24ClN3OS. The molecule has 34 heavy (non-hydrogen) atoms. The van der Waals surface area contributed by atoms with Gasteiger partial charge in [0.05, 0.1) is 11.2 Å². The van der Waals surface area contributed by atoms with E-state index in [2.05, 4.69) is 35.9 Å². The molecule has 0 N–H and O–H groups in total. The highest BCUT2D eigenvalue weighted by molar-refractivity contribution is 7.80. The summed E-state index contributed by atoms with van der Waals surface area (Å²) in [6.07, 6.45) is 5.00. The minimum absolute atomic E-state index is 0.121. The van der Waals surface area contributed by atoms with Crippen LogP contribution in [0.25, 0.3) is 17.0 Å². The molecule has 6 heteroatoms. The minimum atomic E-state index is -0.121. The Labute approximate surface area is 209 Å². The van der Waals surface area contributed by atoms with Crippen LogP contribution in [0.1, 0.15) is 23.6 Å². The highest BCUT2D eigenvalue weighted by atomic mass is 35.5. The fraction of sp³-hybridized carbons (Fsp3) is 0.143. The normalized spacial score (nSPS) is 15.2. The lowest BCUT2D eigenvalue weighted by molar-refractivity contribution is -0.114. The zero-order valence-electron chi connectivity index (χ0n) is 19.0. The van der Waals surface area contributed by atoms with Gasteiger partial charge in [-0.3, -0.25) is 9.69 Å². The van der Waals surface area contributed by atoms with Crippen molar-refractivity contribution in [2.45, 2.75) is 19.9 Å². The van der Waals surface area contributed by atoms with Gasteiger partial charge in [-0.05, 0) is 60.1 Å². The minimum Gasteiger partial charge on any atom is -0.342 e. The molecule has 5 rings (SSSR count). The van der Waals surface area contributed by atoms with E-state index in [4.69, 9.17) is 23.8 Å². The van der Waals surface area contributed by atoms with Gasteiger partial charge in [0.1, 0.15) is 5.70 Å². The Kier molecular flexibility index (Phi) is 5.98. The number of rotatable bonds is 5. The number of carbonyl (C=O) groups is 1. The average molecular weight is 486 g/mol. The Morgan fingerprint density at radius 3 is 2.41 bits per heavy atom. The summed E-state index contributed by atoms with van der Waals surface area (Å²) in [5.41, 5.74) is 5.93. The van der Waals surface area contributed by atoms with Gasteiger partial charge in [0.2, 0.25) is 0 Å². The van der Waals surface area contributed by atoms with Gasteiger partial charge in [-0.2, -0.15) is 0 Å². The number of hydrogen-bond acceptors (Lipinski definition) is 2. The third-order valence-corrected chi connectivity index (χ3v) is 6.94. The van der Waals surface area contributed by atoms with E-state index in [1.54, 1.807) is 9.80 Å². The Hall–Kier alpha value is -3.41. The van der Waals surface area contributed by atoms with E-state index in [0.29, 0.717) is 17.4 Å². The van der Waals surface area contributed by atoms with Crippen molar-refractivity contribution in [3.63, 3.8) is 0 Å². The highest BCUT2D eigenvalue weighted by Crippen LogP contribution is 2.32. The molecule has 0 bridgehead atoms. The summed E-state index contributed by atoms with van der Waals surface area (Å²) < 4.78 is 2.26. The molecule has 4 nitrogen and oxygen atoms in total. The van der Waals surface area contributed by atoms with Crippen molar-refractivity contribution in [3.8, 4) is 0 Å². The molecule has 0 atom stereocenters. The first-order chi connectivity index (χ1) is 16.5. The summed E-state index contributed by atoms with van der Waals surface area (Å²) in [5, 5.41) is 2.31. The third-order valence-electron chi connectivity index (χ3n) is 6.23. The zero-order chi connectivity index (χ0) is 23.8. The number of thiocarbonyl (C=S) groups is 1. The van der Waals surface area contributed by atoms with Crippen LogP contribution in [0.3, 0.4) is 0 Å². The van der Waals surface area contributed by atoms with E-state index in [9.17, 15) is 4.79 Å². The summed E-state index contributed by atoms with van der Waals surface area (Å²) in [5.74, 6) is -0.121. The number of aromatic nitrogens is 1. The Bertz CT molecular complexity index is 1420. The number of halogens is 1. The monoisotopic (exact) mass is 485 g/mol. The van der Waals surface area contributed by atoms with E-state index in [1.165, 1.54) is 11.1 Å². The molecule has 1 aliphatic heterocycles. The molecule has 0 spiro atoms. The summed E-state index contributed by atoms with van der Waals surface area (Å²) in [7, 11) is 1.85. The van der Waals surface area contributed by atoms with E-state index >= 15 is 0 Å². The Morgan fingerprint density at radius 2 is 1.71 bits per heavy atom. The van der Waals surface area contributed by atoms with Crippen LogP contribution in [0.2, 0.25) is 5.02 Å². The number of para-hydroxylation sites is 2. The number of benzene rings is 3. The van der Waals surface area contributed by atoms with Crippen molar-refractivity contribution in [2.24, 2.45) is 0 Å². The summed E-state index contributed by atoms with van der Waals surface area (Å²) in [4.78, 5) is 16.8. The molecule has 170 valence electrons. The summed E-state index contributed by atoms with van der Waals surface area (Å²) in [6.45, 7) is 2.88. The molecule has 2 heterocycles. The first kappa shape index (κ1) is 22.4. The molecule has 0 aliphatic carbocycles. The first-order valence-corrected chi connectivity index (χ1v) is 12.0. The van der Waals surface area contributed by atoms with Crippen molar-refractivity contribution < 1.29 is 4.79 Å². The molecule has 0 unspecified atom stereocenters. The lowest BCUT2D eigenvalue weighted by Crippen LogP contribution is -2.30. The number of nitrogens with zero attached hydrogens (tertiary/aromatic N) is 3. The molecule has 4 aromatic rings. The van der Waals surface area contributed by atoms with E-state index < -0.39 is 0 Å². The van der Waals surface area contributed by atoms with Crippen LogP contribution in [-0.2, 0) is 17.8 Å². The van der Waals surface area contributed by atoms with Gasteiger partial charge >= 0.3 is 0 Å². The van der Waals surface area contributed by atoms with E-state index in [-0.39, 0.29) is 5.91 Å². The maximum absolute atomic E-state index is 13.4. The predicted octanol–water partition coefficient (Wildman–Crippen LogP) is 6.51. The molecule has 1 aromatic heterocycles. The van der Waals surface area contributed by atoms with Crippen molar-refractivity contribution in [1.82, 2.24) is 9.47 Å². The van der Waals surface area contributed by atoms with Crippen molar-refractivity contribution >= 4 is 57.5 Å². The number of aryl methyl sites for hydroxylation is 1. The van der Waals surface area contributed by atoms with Gasteiger partial charge in [-0.15, -0.1) is 0 Å². The summed E-state index contributed by atoms with van der Waals surface area (Å²) >= 11 is 11.7. The summed E-state index contributed by atoms with van der Waals surface area (Å²) in [6, 6.07) is 23.8. The second kappa shape index (κ2) is 9.09. The fourth-order valence-corrected chi connectivity index (χ4v) is 4.90. The van der Waals surface area contributed by atoms with Crippen molar-refractivity contribution in [3.05, 3.63) is 106 Å². The topological polar surface area (TPSA) is 28.5 Å². The maximum atomic E-state index is 13.4. The van der Waals surface area contributed by atoms with Gasteiger partial charge in [0.25, 0.3) is 5.91 Å². The number of carbonyl (C=O) groups excluding carboxylic acids is 1. The lowest BCUT2D eigenvalue weighted by Gasteiger charge is -2.16. The molecule has 1 saturated heterocycles. The molecule has 1 amide bonds. The van der Waals surface area contributed by atoms with Crippen LogP contribution in [0.5, 0.6) is 0 Å². The second-order valence-electron chi connectivity index (χ2n) is 8.35. The number of likely N-dealkylation sites (N-methyl/N-ethyl adjacent to an activating group) is 1. The lowest BCUT2D eigenvalue weighted by atomic mass is 10.1. The third kappa shape index (κ3) is 3.91. The largest absolute Gasteiger partial charge is 0.342 e. The van der Waals surface area contributed by atoms with Gasteiger partial charge in [-0.25, -0.2) is 0 Å². The fourth-order valence-electron chi connectivity index (χ4n) is 4.49. The molecule has 1 fully saturated rings. The van der Waals surface area contributed by atoms with Gasteiger partial charge in [0.15, 0.2) is 5.11 Å². The van der Waals surface area contributed by atoms with Crippen LogP contribution in [0.4, 0.5) is 5.69 Å². The van der Waals surface area contributed by atoms with Crippen LogP contribution in [-0.4, -0.2) is 27.5 Å². The quantitative estimate of drug-likeness (QED) is 0.238. The second-order valence-corrected chi connectivity index (χ2v) is 9.15. The van der Waals surface area contributed by atoms with Crippen molar-refractivity contribution in [2.75, 3.05) is 11.9 Å². The highest BCUT2D eigenvalue weighted by Gasteiger charge is 2.36. The number of amides is 1. The van der Waals surface area contributed by atoms with Crippen molar-refractivity contribution in [1.29, 1.82) is 0 Å². The average Bonchev–Trinajstić information content (AvgIpc) is 3.30. The maximum Gasteiger partial charge on any atom is 0.281 e. The van der Waals surface area contributed by atoms with Crippen LogP contribution < -0.4 is 4.90 Å². The van der Waals surface area contributed by atoms with Gasteiger partial charge in [0, 0.05) is 35.8 Å². The smallest absolute Gasteiger partial charge is 0.281 e. The number of anilines is 1. The number of hydrogen-bond donors (Lipinski definition) is 0. The van der Waals surface area contributed by atoms with Crippen LogP contribution in [0.15, 0.2) is 84.7 Å². The predicted molar refractivity (Wildman–Crippen MR) is 144 cm³/mol. The first-order valence-electron chi connectivity index (χ1n) is 11.2. The number of fused-ring (bicyclic) bond motifs is 1. The van der Waals surface area contributed by atoms with E-state index in [0.717, 1.165) is 33.6 Å². The van der Waals surface area contributed by atoms with Crippen LogP contribution >= 0.6 is 23.8 Å². The molecule has 3 aromatic carbocycles. The SMILES string of the molecule is CCc1cccc2c(/C=C3/C(=O)N(c4ccccc4)C(=S)N3C)cn(Cc3ccc(Cl)cc3)c12. The Morgan fingerprint density at radius 1 is 0.971 bits per heavy atom. The molecule has 0 saturated carbocycles. The Balaban J connectivity index is 1.61.